The normalized spacial score (nSPS) is 16.8. The third-order valence-electron chi connectivity index (χ3n) is 4.34. The molecule has 4 rings (SSSR count). The van der Waals surface area contributed by atoms with Gasteiger partial charge in [0.2, 0.25) is 0 Å². The van der Waals surface area contributed by atoms with Crippen LogP contribution in [0, 0.1) is 5.82 Å². The van der Waals surface area contributed by atoms with Crippen molar-refractivity contribution in [3.05, 3.63) is 100 Å². The van der Waals surface area contributed by atoms with Crippen LogP contribution in [0.15, 0.2) is 88.4 Å². The van der Waals surface area contributed by atoms with Crippen molar-refractivity contribution in [2.45, 2.75) is 12.5 Å². The first kappa shape index (κ1) is 16.0. The summed E-state index contributed by atoms with van der Waals surface area (Å²) in [5.74, 6) is -0.254. The van der Waals surface area contributed by atoms with Crippen molar-refractivity contribution in [2.75, 3.05) is 5.01 Å². The van der Waals surface area contributed by atoms with Gasteiger partial charge in [0.25, 0.3) is 0 Å². The summed E-state index contributed by atoms with van der Waals surface area (Å²) in [6, 6.07) is 25.0. The van der Waals surface area contributed by atoms with Gasteiger partial charge in [0, 0.05) is 10.9 Å². The molecule has 0 aliphatic carbocycles. The number of halogens is 2. The Balaban J connectivity index is 1.76. The Labute approximate surface area is 154 Å². The number of rotatable bonds is 3. The molecule has 0 saturated heterocycles. The molecule has 1 heterocycles. The van der Waals surface area contributed by atoms with Gasteiger partial charge in [-0.15, -0.1) is 0 Å². The van der Waals surface area contributed by atoms with Crippen LogP contribution in [0.25, 0.3) is 0 Å². The molecule has 0 spiro atoms. The molecule has 1 aliphatic heterocycles. The van der Waals surface area contributed by atoms with E-state index in [1.54, 1.807) is 6.07 Å². The summed E-state index contributed by atoms with van der Waals surface area (Å²) in [4.78, 5) is 0. The number of hydrogen-bond donors (Lipinski definition) is 0. The van der Waals surface area contributed by atoms with E-state index in [-0.39, 0.29) is 11.9 Å². The second kappa shape index (κ2) is 6.81. The molecular weight excluding hydrogens is 379 g/mol. The van der Waals surface area contributed by atoms with Gasteiger partial charge in [-0.1, -0.05) is 64.5 Å². The summed E-state index contributed by atoms with van der Waals surface area (Å²) in [7, 11) is 0. The van der Waals surface area contributed by atoms with Crippen LogP contribution in [0.2, 0.25) is 0 Å². The fraction of sp³-hybridized carbons (Fsp3) is 0.0952. The largest absolute Gasteiger partial charge is 0.257 e. The van der Waals surface area contributed by atoms with Gasteiger partial charge in [0.05, 0.1) is 17.4 Å². The molecule has 0 saturated carbocycles. The fourth-order valence-electron chi connectivity index (χ4n) is 3.12. The minimum Gasteiger partial charge on any atom is -0.257 e. The van der Waals surface area contributed by atoms with Crippen molar-refractivity contribution in [1.82, 2.24) is 0 Å². The lowest BCUT2D eigenvalue weighted by Gasteiger charge is -2.24. The first-order valence-corrected chi connectivity index (χ1v) is 8.93. The van der Waals surface area contributed by atoms with E-state index in [2.05, 4.69) is 40.2 Å². The van der Waals surface area contributed by atoms with E-state index in [0.29, 0.717) is 0 Å². The number of benzene rings is 3. The van der Waals surface area contributed by atoms with Crippen molar-refractivity contribution in [3.8, 4) is 0 Å². The van der Waals surface area contributed by atoms with E-state index < -0.39 is 0 Å². The van der Waals surface area contributed by atoms with Crippen LogP contribution in [0.1, 0.15) is 23.6 Å². The summed E-state index contributed by atoms with van der Waals surface area (Å²) in [6.45, 7) is 0. The minimum absolute atomic E-state index is 0.0464. The zero-order valence-corrected chi connectivity index (χ0v) is 15.0. The zero-order valence-electron chi connectivity index (χ0n) is 13.4. The average molecular weight is 395 g/mol. The Bertz CT molecular complexity index is 907. The molecule has 0 radical (unpaired) electrons. The predicted molar refractivity (Wildman–Crippen MR) is 103 cm³/mol. The molecule has 1 aliphatic rings. The summed E-state index contributed by atoms with van der Waals surface area (Å²) < 4.78 is 14.8. The second-order valence-electron chi connectivity index (χ2n) is 6.01. The molecule has 1 unspecified atom stereocenters. The topological polar surface area (TPSA) is 15.6 Å². The Hall–Kier alpha value is -2.46. The van der Waals surface area contributed by atoms with Gasteiger partial charge in [0.1, 0.15) is 5.82 Å². The molecule has 0 amide bonds. The number of hydrogen-bond acceptors (Lipinski definition) is 2. The zero-order chi connectivity index (χ0) is 17.2. The smallest absolute Gasteiger partial charge is 0.125 e. The summed E-state index contributed by atoms with van der Waals surface area (Å²) in [6.07, 6.45) is 0.780. The van der Waals surface area contributed by atoms with Crippen molar-refractivity contribution >= 4 is 27.3 Å². The minimum atomic E-state index is -0.254. The molecule has 3 aromatic carbocycles. The quantitative estimate of drug-likeness (QED) is 0.536. The first-order chi connectivity index (χ1) is 12.2. The summed E-state index contributed by atoms with van der Waals surface area (Å²) >= 11 is 3.48. The molecule has 2 nitrogen and oxygen atoms in total. The van der Waals surface area contributed by atoms with Gasteiger partial charge in [-0.25, -0.2) is 4.39 Å². The van der Waals surface area contributed by atoms with E-state index in [9.17, 15) is 4.39 Å². The van der Waals surface area contributed by atoms with Gasteiger partial charge < -0.3 is 0 Å². The molecule has 1 atom stereocenters. The maximum absolute atomic E-state index is 13.7. The number of hydrazone groups is 1. The monoisotopic (exact) mass is 394 g/mol. The van der Waals surface area contributed by atoms with E-state index in [4.69, 9.17) is 5.10 Å². The third-order valence-corrected chi connectivity index (χ3v) is 4.87. The molecule has 4 heteroatoms. The molecule has 0 fully saturated rings. The van der Waals surface area contributed by atoms with Gasteiger partial charge >= 0.3 is 0 Å². The van der Waals surface area contributed by atoms with E-state index in [0.717, 1.165) is 33.4 Å². The lowest BCUT2D eigenvalue weighted by molar-refractivity contribution is 0.624. The van der Waals surface area contributed by atoms with E-state index >= 15 is 0 Å². The molecule has 3 aromatic rings. The molecule has 124 valence electrons. The predicted octanol–water partition coefficient (Wildman–Crippen LogP) is 5.94. The standard InChI is InChI=1S/C21H16BrFN2/c22-17-11-9-16(10-12-17)21-14-20(15-5-2-1-3-6-15)24-25(21)19-8-4-7-18(23)13-19/h1-13,21H,14H2. The Morgan fingerprint density at radius 2 is 1.68 bits per heavy atom. The maximum atomic E-state index is 13.7. The SMILES string of the molecule is Fc1cccc(N2N=C(c3ccccc3)CC2c2ccc(Br)cc2)c1. The molecule has 0 N–H and O–H groups in total. The number of anilines is 1. The molecule has 0 aromatic heterocycles. The average Bonchev–Trinajstić information content (AvgIpc) is 3.08. The highest BCUT2D eigenvalue weighted by Crippen LogP contribution is 2.37. The second-order valence-corrected chi connectivity index (χ2v) is 6.92. The van der Waals surface area contributed by atoms with Crippen molar-refractivity contribution in [2.24, 2.45) is 5.10 Å². The Morgan fingerprint density at radius 3 is 2.40 bits per heavy atom. The highest BCUT2D eigenvalue weighted by Gasteiger charge is 2.30. The van der Waals surface area contributed by atoms with Gasteiger partial charge in [-0.05, 0) is 41.5 Å². The van der Waals surface area contributed by atoms with Crippen LogP contribution in [0.3, 0.4) is 0 Å². The van der Waals surface area contributed by atoms with Crippen molar-refractivity contribution < 1.29 is 4.39 Å². The lowest BCUT2D eigenvalue weighted by Crippen LogP contribution is -2.18. The van der Waals surface area contributed by atoms with E-state index in [1.807, 2.05) is 41.4 Å². The first-order valence-electron chi connectivity index (χ1n) is 8.14. The lowest BCUT2D eigenvalue weighted by atomic mass is 9.98. The maximum Gasteiger partial charge on any atom is 0.125 e. The number of nitrogens with zero attached hydrogens (tertiary/aromatic N) is 2. The van der Waals surface area contributed by atoms with E-state index in [1.165, 1.54) is 12.1 Å². The van der Waals surface area contributed by atoms with Crippen LogP contribution in [0.5, 0.6) is 0 Å². The molecule has 0 bridgehead atoms. The Morgan fingerprint density at radius 1 is 0.920 bits per heavy atom. The molecule has 25 heavy (non-hydrogen) atoms. The summed E-state index contributed by atoms with van der Waals surface area (Å²) in [5.41, 5.74) is 4.03. The van der Waals surface area contributed by atoms with Crippen LogP contribution in [-0.2, 0) is 0 Å². The summed E-state index contributed by atoms with van der Waals surface area (Å²) in [5, 5.41) is 6.75. The van der Waals surface area contributed by atoms with Gasteiger partial charge in [0.15, 0.2) is 0 Å². The Kier molecular flexibility index (Phi) is 4.36. The van der Waals surface area contributed by atoms with Crippen LogP contribution in [0.4, 0.5) is 10.1 Å². The highest BCUT2D eigenvalue weighted by molar-refractivity contribution is 9.10. The van der Waals surface area contributed by atoms with Crippen LogP contribution in [-0.4, -0.2) is 5.71 Å². The van der Waals surface area contributed by atoms with Crippen molar-refractivity contribution in [1.29, 1.82) is 0 Å². The fourth-order valence-corrected chi connectivity index (χ4v) is 3.38. The molecular formula is C21H16BrFN2. The van der Waals surface area contributed by atoms with Crippen molar-refractivity contribution in [3.63, 3.8) is 0 Å². The third kappa shape index (κ3) is 3.35. The van der Waals surface area contributed by atoms with Crippen LogP contribution >= 0.6 is 15.9 Å². The highest BCUT2D eigenvalue weighted by atomic mass is 79.9. The van der Waals surface area contributed by atoms with Gasteiger partial charge in [-0.3, -0.25) is 5.01 Å². The van der Waals surface area contributed by atoms with Gasteiger partial charge in [-0.2, -0.15) is 5.10 Å². The van der Waals surface area contributed by atoms with Crippen LogP contribution < -0.4 is 5.01 Å².